The smallest absolute Gasteiger partial charge is 0.283 e. The Morgan fingerprint density at radius 3 is 2.27 bits per heavy atom. The molecule has 1 N–H and O–H groups in total. The summed E-state index contributed by atoms with van der Waals surface area (Å²) < 4.78 is 11.5. The van der Waals surface area contributed by atoms with Gasteiger partial charge in [-0.1, -0.05) is 48.0 Å². The van der Waals surface area contributed by atoms with Gasteiger partial charge in [0, 0.05) is 5.56 Å². The third-order valence-corrected chi connectivity index (χ3v) is 7.00. The molecule has 0 fully saturated rings. The number of benzene rings is 3. The van der Waals surface area contributed by atoms with Crippen LogP contribution in [-0.2, 0) is 4.79 Å². The number of ether oxygens (including phenoxy) is 2. The molecule has 0 saturated carbocycles. The lowest BCUT2D eigenvalue weighted by molar-refractivity contribution is -0.114. The Bertz CT molecular complexity index is 1460. The maximum Gasteiger partial charge on any atom is 0.283 e. The molecule has 5 rings (SSSR count). The Labute approximate surface area is 220 Å². The minimum absolute atomic E-state index is 0.00781. The van der Waals surface area contributed by atoms with Crippen molar-refractivity contribution in [3.05, 3.63) is 100 Å². The number of amidine groups is 2. The molecule has 0 aromatic heterocycles. The van der Waals surface area contributed by atoms with Gasteiger partial charge in [0.25, 0.3) is 5.91 Å². The third kappa shape index (κ3) is 5.49. The molecule has 2 aliphatic heterocycles. The highest BCUT2D eigenvalue weighted by molar-refractivity contribution is 8.27. The average molecular weight is 511 g/mol. The van der Waals surface area contributed by atoms with Crippen LogP contribution in [0.1, 0.15) is 27.8 Å². The minimum atomic E-state index is -0.451. The van der Waals surface area contributed by atoms with Gasteiger partial charge in [0.05, 0.1) is 5.57 Å². The lowest BCUT2D eigenvalue weighted by Gasteiger charge is -2.20. The summed E-state index contributed by atoms with van der Waals surface area (Å²) in [4.78, 5) is 16.9. The van der Waals surface area contributed by atoms with E-state index in [4.69, 9.17) is 14.9 Å². The standard InChI is InChI=1S/C29H26N4O3S/c1-18-4-9-22(10-5-18)28-32-33-26(30)25(27(34)31-29(33)37-28)17-21-7-12-23(13-8-21)35-14-15-36-24-11-6-19(2)20(3)16-24/h4-13,16-17,30H,14-15H2,1-3H3/b25-17-,30-26?. The van der Waals surface area contributed by atoms with Gasteiger partial charge in [0.2, 0.25) is 5.17 Å². The van der Waals surface area contributed by atoms with Crippen molar-refractivity contribution in [3.8, 4) is 11.5 Å². The molecular weight excluding hydrogens is 484 g/mol. The number of thioether (sulfide) groups is 1. The van der Waals surface area contributed by atoms with Gasteiger partial charge in [-0.15, -0.1) is 0 Å². The molecule has 0 saturated heterocycles. The third-order valence-electron chi connectivity index (χ3n) is 6.04. The molecule has 1 amide bonds. The van der Waals surface area contributed by atoms with Crippen LogP contribution in [0.2, 0.25) is 0 Å². The van der Waals surface area contributed by atoms with E-state index in [2.05, 4.69) is 23.9 Å². The first kappa shape index (κ1) is 24.5. The zero-order chi connectivity index (χ0) is 25.9. The number of carbonyl (C=O) groups excluding carboxylic acids is 1. The number of carbonyl (C=O) groups is 1. The summed E-state index contributed by atoms with van der Waals surface area (Å²) in [6.07, 6.45) is 1.65. The predicted molar refractivity (Wildman–Crippen MR) is 149 cm³/mol. The van der Waals surface area contributed by atoms with Crippen molar-refractivity contribution in [1.82, 2.24) is 5.01 Å². The van der Waals surface area contributed by atoms with Gasteiger partial charge in [0.15, 0.2) is 5.84 Å². The largest absolute Gasteiger partial charge is 0.490 e. The van der Waals surface area contributed by atoms with Crippen LogP contribution in [0.4, 0.5) is 0 Å². The van der Waals surface area contributed by atoms with Gasteiger partial charge in [-0.2, -0.15) is 15.1 Å². The van der Waals surface area contributed by atoms with E-state index in [-0.39, 0.29) is 11.4 Å². The Kier molecular flexibility index (Phi) is 6.92. The quantitative estimate of drug-likeness (QED) is 0.324. The zero-order valence-corrected chi connectivity index (χ0v) is 21.6. The summed E-state index contributed by atoms with van der Waals surface area (Å²) in [5.41, 5.74) is 5.45. The minimum Gasteiger partial charge on any atom is -0.490 e. The maximum atomic E-state index is 12.7. The number of rotatable bonds is 7. The van der Waals surface area contributed by atoms with E-state index in [1.807, 2.05) is 73.7 Å². The first-order valence-electron chi connectivity index (χ1n) is 11.9. The zero-order valence-electron chi connectivity index (χ0n) is 20.8. The summed E-state index contributed by atoms with van der Waals surface area (Å²) in [6, 6.07) is 21.3. The summed E-state index contributed by atoms with van der Waals surface area (Å²) in [5.74, 6) is 1.08. The Morgan fingerprint density at radius 1 is 0.892 bits per heavy atom. The molecule has 0 unspecified atom stereocenters. The molecule has 0 bridgehead atoms. The van der Waals surface area contributed by atoms with Crippen LogP contribution in [0.15, 0.2) is 82.4 Å². The second-order valence-electron chi connectivity index (χ2n) is 8.80. The topological polar surface area (TPSA) is 87.3 Å². The molecule has 0 aliphatic carbocycles. The highest BCUT2D eigenvalue weighted by Gasteiger charge is 2.36. The lowest BCUT2D eigenvalue weighted by atomic mass is 10.1. The normalized spacial score (nSPS) is 16.0. The SMILES string of the molecule is Cc1ccc(C2=NN3C(=N)/C(=C/c4ccc(OCCOc5ccc(C)c(C)c5)cc4)C(=O)N=C3S2)cc1. The van der Waals surface area contributed by atoms with E-state index in [0.29, 0.717) is 29.2 Å². The molecule has 0 atom stereocenters. The van der Waals surface area contributed by atoms with Crippen molar-refractivity contribution in [2.45, 2.75) is 20.8 Å². The van der Waals surface area contributed by atoms with Crippen LogP contribution in [0.25, 0.3) is 6.08 Å². The van der Waals surface area contributed by atoms with Crippen LogP contribution < -0.4 is 9.47 Å². The van der Waals surface area contributed by atoms with Gasteiger partial charge in [-0.3, -0.25) is 10.2 Å². The fraction of sp³-hybridized carbons (Fsp3) is 0.172. The molecule has 7 nitrogen and oxygen atoms in total. The Morgan fingerprint density at radius 2 is 1.57 bits per heavy atom. The van der Waals surface area contributed by atoms with Gasteiger partial charge < -0.3 is 9.47 Å². The maximum absolute atomic E-state index is 12.7. The first-order valence-corrected chi connectivity index (χ1v) is 12.7. The number of amides is 1. The summed E-state index contributed by atoms with van der Waals surface area (Å²) in [5, 5.41) is 15.6. The number of nitrogens with zero attached hydrogens (tertiary/aromatic N) is 3. The highest BCUT2D eigenvalue weighted by atomic mass is 32.2. The molecule has 37 heavy (non-hydrogen) atoms. The predicted octanol–water partition coefficient (Wildman–Crippen LogP) is 5.74. The fourth-order valence-electron chi connectivity index (χ4n) is 3.75. The monoisotopic (exact) mass is 510 g/mol. The van der Waals surface area contributed by atoms with Gasteiger partial charge in [-0.05, 0) is 79.6 Å². The van der Waals surface area contributed by atoms with Crippen molar-refractivity contribution in [1.29, 1.82) is 5.41 Å². The summed E-state index contributed by atoms with van der Waals surface area (Å²) >= 11 is 1.29. The van der Waals surface area contributed by atoms with Crippen LogP contribution in [0, 0.1) is 26.2 Å². The van der Waals surface area contributed by atoms with Crippen molar-refractivity contribution >= 4 is 39.8 Å². The lowest BCUT2D eigenvalue weighted by Crippen LogP contribution is -2.35. The molecule has 0 spiro atoms. The number of hydrogen-bond donors (Lipinski definition) is 1. The van der Waals surface area contributed by atoms with Crippen LogP contribution in [0.3, 0.4) is 0 Å². The number of aryl methyl sites for hydroxylation is 3. The second kappa shape index (κ2) is 10.4. The van der Waals surface area contributed by atoms with Crippen LogP contribution in [0.5, 0.6) is 11.5 Å². The van der Waals surface area contributed by atoms with E-state index in [1.54, 1.807) is 6.08 Å². The van der Waals surface area contributed by atoms with E-state index in [9.17, 15) is 4.79 Å². The molecule has 3 aromatic rings. The van der Waals surface area contributed by atoms with Gasteiger partial charge in [0.1, 0.15) is 29.8 Å². The van der Waals surface area contributed by atoms with Crippen molar-refractivity contribution in [2.24, 2.45) is 10.1 Å². The molecule has 2 aliphatic rings. The van der Waals surface area contributed by atoms with Gasteiger partial charge >= 0.3 is 0 Å². The number of nitrogens with one attached hydrogen (secondary N) is 1. The van der Waals surface area contributed by atoms with E-state index in [1.165, 1.54) is 27.9 Å². The number of hydrazone groups is 1. The molecule has 3 aromatic carbocycles. The molecular formula is C29H26N4O3S. The van der Waals surface area contributed by atoms with Crippen LogP contribution >= 0.6 is 11.8 Å². The summed E-state index contributed by atoms with van der Waals surface area (Å²) in [7, 11) is 0. The highest BCUT2D eigenvalue weighted by Crippen LogP contribution is 2.31. The Hall–Kier alpha value is -4.17. The van der Waals surface area contributed by atoms with E-state index in [0.717, 1.165) is 22.4 Å². The van der Waals surface area contributed by atoms with Crippen molar-refractivity contribution in [2.75, 3.05) is 13.2 Å². The summed E-state index contributed by atoms with van der Waals surface area (Å²) in [6.45, 7) is 6.98. The number of fused-ring (bicyclic) bond motifs is 1. The number of aliphatic imine (C=N–C) groups is 1. The van der Waals surface area contributed by atoms with E-state index >= 15 is 0 Å². The molecule has 186 valence electrons. The molecule has 0 radical (unpaired) electrons. The average Bonchev–Trinajstić information content (AvgIpc) is 3.32. The van der Waals surface area contributed by atoms with Crippen molar-refractivity contribution in [3.63, 3.8) is 0 Å². The van der Waals surface area contributed by atoms with Crippen molar-refractivity contribution < 1.29 is 14.3 Å². The fourth-order valence-corrected chi connectivity index (χ4v) is 4.65. The first-order chi connectivity index (χ1) is 17.9. The number of hydrogen-bond acceptors (Lipinski definition) is 6. The molecule has 2 heterocycles. The van der Waals surface area contributed by atoms with Crippen LogP contribution in [-0.4, -0.2) is 40.2 Å². The van der Waals surface area contributed by atoms with E-state index < -0.39 is 5.91 Å². The second-order valence-corrected chi connectivity index (χ2v) is 9.76. The Balaban J connectivity index is 1.21. The van der Waals surface area contributed by atoms with Gasteiger partial charge in [-0.25, -0.2) is 0 Å². The molecule has 8 heteroatoms.